The minimum Gasteiger partial charge on any atom is -0.378 e. The maximum Gasteiger partial charge on any atom is 0.191 e. The number of rotatable bonds is 7. The van der Waals surface area contributed by atoms with E-state index < -0.39 is 0 Å². The Labute approximate surface area is 190 Å². The molecule has 1 saturated heterocycles. The zero-order chi connectivity index (χ0) is 19.1. The molecule has 7 heteroatoms. The van der Waals surface area contributed by atoms with Gasteiger partial charge < -0.3 is 15.5 Å². The van der Waals surface area contributed by atoms with Gasteiger partial charge in [0.2, 0.25) is 0 Å². The standard InChI is InChI=1S/C21H31N5S.HI/c1-22-21(23-15-17-8-6-9-18(14-17)25(2)3)24-16-19(20-10-7-13-27-20)26-11-4-5-12-26;/h6-10,13-14,19H,4-5,11-12,15-16H2,1-3H3,(H2,22,23,24);1H. The number of halogens is 1. The quantitative estimate of drug-likeness (QED) is 0.335. The number of nitrogens with zero attached hydrogens (tertiary/aromatic N) is 3. The molecule has 1 fully saturated rings. The summed E-state index contributed by atoms with van der Waals surface area (Å²) in [7, 11) is 5.97. The molecule has 0 radical (unpaired) electrons. The lowest BCUT2D eigenvalue weighted by Gasteiger charge is -2.27. The molecule has 5 nitrogen and oxygen atoms in total. The van der Waals surface area contributed by atoms with Crippen molar-refractivity contribution in [1.29, 1.82) is 0 Å². The minimum absolute atomic E-state index is 0. The van der Waals surface area contributed by atoms with Crippen LogP contribution in [0.5, 0.6) is 0 Å². The molecule has 0 bridgehead atoms. The summed E-state index contributed by atoms with van der Waals surface area (Å²) in [5, 5.41) is 9.15. The number of nitrogens with one attached hydrogen (secondary N) is 2. The van der Waals surface area contributed by atoms with Crippen molar-refractivity contribution in [2.45, 2.75) is 25.4 Å². The number of guanidine groups is 1. The van der Waals surface area contributed by atoms with Crippen molar-refractivity contribution in [2.24, 2.45) is 4.99 Å². The van der Waals surface area contributed by atoms with E-state index in [4.69, 9.17) is 0 Å². The molecule has 0 saturated carbocycles. The number of aliphatic imine (C=N–C) groups is 1. The molecule has 2 aromatic rings. The maximum absolute atomic E-state index is 4.41. The molecule has 0 spiro atoms. The fourth-order valence-corrected chi connectivity index (χ4v) is 4.35. The van der Waals surface area contributed by atoms with Gasteiger partial charge in [-0.15, -0.1) is 35.3 Å². The fraction of sp³-hybridized carbons (Fsp3) is 0.476. The van der Waals surface area contributed by atoms with E-state index in [9.17, 15) is 0 Å². The molecule has 0 amide bonds. The summed E-state index contributed by atoms with van der Waals surface area (Å²) in [6.07, 6.45) is 2.61. The molecule has 1 aromatic heterocycles. The van der Waals surface area contributed by atoms with Crippen LogP contribution in [0, 0.1) is 0 Å². The van der Waals surface area contributed by atoms with Crippen molar-refractivity contribution < 1.29 is 0 Å². The van der Waals surface area contributed by atoms with E-state index in [2.05, 4.69) is 81.3 Å². The van der Waals surface area contributed by atoms with Crippen LogP contribution in [0.3, 0.4) is 0 Å². The van der Waals surface area contributed by atoms with Gasteiger partial charge in [-0.2, -0.15) is 0 Å². The van der Waals surface area contributed by atoms with Gasteiger partial charge in [0, 0.05) is 44.8 Å². The average molecular weight is 513 g/mol. The summed E-state index contributed by atoms with van der Waals surface area (Å²) in [4.78, 5) is 10.6. The summed E-state index contributed by atoms with van der Waals surface area (Å²) in [5.74, 6) is 0.853. The number of likely N-dealkylation sites (tertiary alicyclic amines) is 1. The molecule has 28 heavy (non-hydrogen) atoms. The van der Waals surface area contributed by atoms with E-state index in [-0.39, 0.29) is 24.0 Å². The van der Waals surface area contributed by atoms with E-state index >= 15 is 0 Å². The van der Waals surface area contributed by atoms with Gasteiger partial charge in [-0.1, -0.05) is 18.2 Å². The molecule has 2 heterocycles. The Kier molecular flexibility index (Phi) is 9.53. The number of hydrogen-bond acceptors (Lipinski definition) is 4. The predicted molar refractivity (Wildman–Crippen MR) is 132 cm³/mol. The highest BCUT2D eigenvalue weighted by atomic mass is 127. The number of thiophene rings is 1. The molecule has 1 aliphatic heterocycles. The molecular formula is C21H32IN5S. The van der Waals surface area contributed by atoms with Crippen LogP contribution in [-0.2, 0) is 6.54 Å². The lowest BCUT2D eigenvalue weighted by Crippen LogP contribution is -2.42. The van der Waals surface area contributed by atoms with Crippen LogP contribution in [0.25, 0.3) is 0 Å². The minimum atomic E-state index is 0. The molecule has 1 unspecified atom stereocenters. The van der Waals surface area contributed by atoms with Gasteiger partial charge in [0.25, 0.3) is 0 Å². The summed E-state index contributed by atoms with van der Waals surface area (Å²) in [6, 6.07) is 13.4. The van der Waals surface area contributed by atoms with E-state index in [0.29, 0.717) is 6.04 Å². The molecular weight excluding hydrogens is 481 g/mol. The van der Waals surface area contributed by atoms with Gasteiger partial charge in [-0.05, 0) is 55.1 Å². The molecule has 2 N–H and O–H groups in total. The van der Waals surface area contributed by atoms with Crippen LogP contribution in [0.4, 0.5) is 5.69 Å². The van der Waals surface area contributed by atoms with Crippen LogP contribution < -0.4 is 15.5 Å². The third kappa shape index (κ3) is 6.35. The van der Waals surface area contributed by atoms with Gasteiger partial charge in [-0.25, -0.2) is 0 Å². The second kappa shape index (κ2) is 11.6. The van der Waals surface area contributed by atoms with Crippen molar-refractivity contribution in [3.8, 4) is 0 Å². The first-order valence-electron chi connectivity index (χ1n) is 9.65. The predicted octanol–water partition coefficient (Wildman–Crippen LogP) is 3.93. The Balaban J connectivity index is 0.00000280. The first-order chi connectivity index (χ1) is 13.2. The Bertz CT molecular complexity index is 726. The van der Waals surface area contributed by atoms with E-state index in [0.717, 1.165) is 19.0 Å². The van der Waals surface area contributed by atoms with Gasteiger partial charge in [0.15, 0.2) is 5.96 Å². The highest BCUT2D eigenvalue weighted by Gasteiger charge is 2.24. The first kappa shape index (κ1) is 23.0. The van der Waals surface area contributed by atoms with Crippen molar-refractivity contribution in [3.63, 3.8) is 0 Å². The average Bonchev–Trinajstić information content (AvgIpc) is 3.39. The summed E-state index contributed by atoms with van der Waals surface area (Å²) < 4.78 is 0. The molecule has 0 aliphatic carbocycles. The lowest BCUT2D eigenvalue weighted by atomic mass is 10.2. The molecule has 154 valence electrons. The fourth-order valence-electron chi connectivity index (χ4n) is 3.49. The first-order valence-corrected chi connectivity index (χ1v) is 10.5. The van der Waals surface area contributed by atoms with Crippen molar-refractivity contribution in [1.82, 2.24) is 15.5 Å². The highest BCUT2D eigenvalue weighted by Crippen LogP contribution is 2.27. The van der Waals surface area contributed by atoms with Crippen LogP contribution in [0.1, 0.15) is 29.3 Å². The lowest BCUT2D eigenvalue weighted by molar-refractivity contribution is 0.249. The smallest absolute Gasteiger partial charge is 0.191 e. The van der Waals surface area contributed by atoms with E-state index in [1.807, 2.05) is 18.4 Å². The van der Waals surface area contributed by atoms with Crippen molar-refractivity contribution in [2.75, 3.05) is 45.7 Å². The zero-order valence-electron chi connectivity index (χ0n) is 17.0. The second-order valence-electron chi connectivity index (χ2n) is 7.15. The van der Waals surface area contributed by atoms with Gasteiger partial charge in [-0.3, -0.25) is 9.89 Å². The Morgan fingerprint density at radius 3 is 2.61 bits per heavy atom. The largest absolute Gasteiger partial charge is 0.378 e. The summed E-state index contributed by atoms with van der Waals surface area (Å²) >= 11 is 1.85. The van der Waals surface area contributed by atoms with Gasteiger partial charge >= 0.3 is 0 Å². The van der Waals surface area contributed by atoms with E-state index in [1.54, 1.807) is 0 Å². The monoisotopic (exact) mass is 513 g/mol. The van der Waals surface area contributed by atoms with Crippen LogP contribution in [-0.4, -0.2) is 51.6 Å². The summed E-state index contributed by atoms with van der Waals surface area (Å²) in [6.45, 7) is 4.01. The summed E-state index contributed by atoms with van der Waals surface area (Å²) in [5.41, 5.74) is 2.46. The van der Waals surface area contributed by atoms with Crippen molar-refractivity contribution in [3.05, 3.63) is 52.2 Å². The van der Waals surface area contributed by atoms with Crippen LogP contribution in [0.2, 0.25) is 0 Å². The normalized spacial score (nSPS) is 15.8. The molecule has 1 aromatic carbocycles. The van der Waals surface area contributed by atoms with Gasteiger partial charge in [0.05, 0.1) is 6.04 Å². The Morgan fingerprint density at radius 1 is 1.18 bits per heavy atom. The number of anilines is 1. The topological polar surface area (TPSA) is 42.9 Å². The van der Waals surface area contributed by atoms with E-state index in [1.165, 1.54) is 42.1 Å². The van der Waals surface area contributed by atoms with Crippen molar-refractivity contribution >= 4 is 47.0 Å². The molecule has 3 rings (SSSR count). The third-order valence-corrected chi connectivity index (χ3v) is 6.00. The number of hydrogen-bond donors (Lipinski definition) is 2. The third-order valence-electron chi connectivity index (χ3n) is 5.03. The number of benzene rings is 1. The highest BCUT2D eigenvalue weighted by molar-refractivity contribution is 14.0. The Morgan fingerprint density at radius 2 is 1.96 bits per heavy atom. The molecule has 1 atom stereocenters. The SMILES string of the molecule is CN=C(NCc1cccc(N(C)C)c1)NCC(c1cccs1)N1CCCC1.I. The second-order valence-corrected chi connectivity index (χ2v) is 8.12. The zero-order valence-corrected chi connectivity index (χ0v) is 20.2. The maximum atomic E-state index is 4.41. The Hall–Kier alpha value is -1.32. The van der Waals surface area contributed by atoms with Crippen LogP contribution in [0.15, 0.2) is 46.8 Å². The molecule has 1 aliphatic rings. The van der Waals surface area contributed by atoms with Gasteiger partial charge in [0.1, 0.15) is 0 Å². The van der Waals surface area contributed by atoms with Crippen LogP contribution >= 0.6 is 35.3 Å².